The van der Waals surface area contributed by atoms with Gasteiger partial charge in [0.15, 0.2) is 0 Å². The average molecular weight is 503 g/mol. The molecule has 2 aliphatic rings. The van der Waals surface area contributed by atoms with E-state index in [0.29, 0.717) is 6.54 Å². The zero-order valence-corrected chi connectivity index (χ0v) is 21.0. The first kappa shape index (κ1) is 22.8. The van der Waals surface area contributed by atoms with E-state index >= 15 is 0 Å². The fraction of sp³-hybridized carbons (Fsp3) is 0.250. The molecule has 1 N–H and O–H groups in total. The minimum absolute atomic E-state index is 0.167. The number of hydrogen-bond donors (Lipinski definition) is 1. The molecule has 2 aromatic heterocycles. The number of nitrogens with one attached hydrogen (secondary N) is 1. The summed E-state index contributed by atoms with van der Waals surface area (Å²) in [6.07, 6.45) is 3.02. The number of hydrogen-bond acceptors (Lipinski definition) is 4. The van der Waals surface area contributed by atoms with Gasteiger partial charge in [-0.05, 0) is 61.0 Å². The van der Waals surface area contributed by atoms with Crippen molar-refractivity contribution in [2.75, 3.05) is 26.0 Å². The molecule has 0 radical (unpaired) electrons. The predicted octanol–water partition coefficient (Wildman–Crippen LogP) is 5.81. The van der Waals surface area contributed by atoms with Crippen molar-refractivity contribution in [3.05, 3.63) is 99.9 Å². The van der Waals surface area contributed by atoms with E-state index in [4.69, 9.17) is 4.74 Å². The molecule has 8 heteroatoms. The van der Waals surface area contributed by atoms with Crippen LogP contribution < -0.4 is 10.1 Å². The van der Waals surface area contributed by atoms with Crippen molar-refractivity contribution in [3.63, 3.8) is 0 Å². The fourth-order valence-corrected chi connectivity index (χ4v) is 6.71. The first-order valence-corrected chi connectivity index (χ1v) is 12.8. The fourth-order valence-electron chi connectivity index (χ4n) is 5.26. The van der Waals surface area contributed by atoms with Crippen LogP contribution in [0.5, 0.6) is 5.75 Å². The number of carbonyl (C=O) groups excluding carboxylic acids is 1. The Morgan fingerprint density at radius 2 is 1.94 bits per heavy atom. The van der Waals surface area contributed by atoms with Gasteiger partial charge in [0.05, 0.1) is 31.1 Å². The normalized spacial score (nSPS) is 17.1. The molecule has 0 saturated carbocycles. The second kappa shape index (κ2) is 9.11. The van der Waals surface area contributed by atoms with Gasteiger partial charge in [-0.3, -0.25) is 0 Å². The molecule has 2 aromatic carbocycles. The largest absolute Gasteiger partial charge is 0.497 e. The van der Waals surface area contributed by atoms with Gasteiger partial charge >= 0.3 is 6.03 Å². The lowest BCUT2D eigenvalue weighted by atomic mass is 10.00. The standard InChI is InChI=1S/C28H27FN4O2S/c1-31-14-12-20-21-16-33(28(34)30-23-10-4-3-9-22(23)29)26(18-7-5-8-19(15-18)35-2)24-11-6-13-32(24)27(21)36-25(20)17-31/h3-11,13,15,26H,12,14,16-17H2,1-2H3,(H,30,34)/t26-/m0/s1. The number of para-hydroxylation sites is 1. The van der Waals surface area contributed by atoms with Gasteiger partial charge in [-0.25, -0.2) is 9.18 Å². The van der Waals surface area contributed by atoms with Crippen molar-refractivity contribution in [3.8, 4) is 10.8 Å². The van der Waals surface area contributed by atoms with Gasteiger partial charge in [0.2, 0.25) is 0 Å². The number of anilines is 1. The van der Waals surface area contributed by atoms with Gasteiger partial charge in [0.1, 0.15) is 16.6 Å². The molecule has 6 rings (SSSR count). The third kappa shape index (κ3) is 3.86. The SMILES string of the molecule is COc1cccc([C@H]2c3cccn3-c3sc4c(c3CN2C(=O)Nc2ccccc2F)CCN(C)C4)c1. The van der Waals surface area contributed by atoms with E-state index in [0.717, 1.165) is 41.5 Å². The van der Waals surface area contributed by atoms with Gasteiger partial charge < -0.3 is 24.4 Å². The molecule has 2 amide bonds. The van der Waals surface area contributed by atoms with Crippen molar-refractivity contribution < 1.29 is 13.9 Å². The topological polar surface area (TPSA) is 49.7 Å². The maximum atomic E-state index is 14.5. The molecule has 36 heavy (non-hydrogen) atoms. The Balaban J connectivity index is 1.51. The number of thiophene rings is 1. The number of ether oxygens (including phenoxy) is 1. The van der Waals surface area contributed by atoms with E-state index in [-0.39, 0.29) is 17.8 Å². The number of carbonyl (C=O) groups is 1. The molecule has 2 aliphatic heterocycles. The first-order valence-electron chi connectivity index (χ1n) is 12.0. The summed E-state index contributed by atoms with van der Waals surface area (Å²) in [5.41, 5.74) is 4.59. The highest BCUT2D eigenvalue weighted by molar-refractivity contribution is 7.15. The van der Waals surface area contributed by atoms with Gasteiger partial charge in [-0.15, -0.1) is 11.3 Å². The number of halogens is 1. The predicted molar refractivity (Wildman–Crippen MR) is 139 cm³/mol. The number of nitrogens with zero attached hydrogens (tertiary/aromatic N) is 3. The Hall–Kier alpha value is -3.62. The molecule has 1 atom stereocenters. The van der Waals surface area contributed by atoms with Crippen LogP contribution in [0.15, 0.2) is 66.9 Å². The van der Waals surface area contributed by atoms with E-state index in [9.17, 15) is 9.18 Å². The molecule has 0 unspecified atom stereocenters. The number of urea groups is 1. The Morgan fingerprint density at radius 1 is 1.08 bits per heavy atom. The second-order valence-electron chi connectivity index (χ2n) is 9.30. The average Bonchev–Trinajstić information content (AvgIpc) is 3.46. The first-order chi connectivity index (χ1) is 17.5. The molecule has 184 valence electrons. The third-order valence-electron chi connectivity index (χ3n) is 7.04. The van der Waals surface area contributed by atoms with Crippen LogP contribution in [0, 0.1) is 5.82 Å². The van der Waals surface area contributed by atoms with Gasteiger partial charge in [-0.2, -0.15) is 0 Å². The Bertz CT molecular complexity index is 1450. The maximum Gasteiger partial charge on any atom is 0.323 e. The van der Waals surface area contributed by atoms with Crippen LogP contribution in [0.25, 0.3) is 5.00 Å². The number of methoxy groups -OCH3 is 1. The Labute approximate surface area is 213 Å². The highest BCUT2D eigenvalue weighted by Crippen LogP contribution is 2.44. The van der Waals surface area contributed by atoms with Gasteiger partial charge in [0.25, 0.3) is 0 Å². The van der Waals surface area contributed by atoms with Crippen molar-refractivity contribution in [2.24, 2.45) is 0 Å². The summed E-state index contributed by atoms with van der Waals surface area (Å²) in [5.74, 6) is 0.262. The van der Waals surface area contributed by atoms with Crippen LogP contribution in [-0.2, 0) is 19.5 Å². The Morgan fingerprint density at radius 3 is 2.78 bits per heavy atom. The lowest BCUT2D eigenvalue weighted by Gasteiger charge is -2.32. The van der Waals surface area contributed by atoms with Crippen LogP contribution in [0.1, 0.15) is 33.3 Å². The summed E-state index contributed by atoms with van der Waals surface area (Å²) in [6.45, 7) is 2.31. The monoisotopic (exact) mass is 502 g/mol. The van der Waals surface area contributed by atoms with Gasteiger partial charge in [-0.1, -0.05) is 24.3 Å². The number of amides is 2. The summed E-state index contributed by atoms with van der Waals surface area (Å²) in [5, 5.41) is 3.99. The van der Waals surface area contributed by atoms with E-state index < -0.39 is 5.82 Å². The van der Waals surface area contributed by atoms with Crippen LogP contribution in [0.4, 0.5) is 14.9 Å². The minimum Gasteiger partial charge on any atom is -0.497 e. The van der Waals surface area contributed by atoms with Crippen molar-refractivity contribution in [2.45, 2.75) is 25.6 Å². The van der Waals surface area contributed by atoms with Crippen LogP contribution in [-0.4, -0.2) is 41.1 Å². The second-order valence-corrected chi connectivity index (χ2v) is 10.4. The number of rotatable bonds is 3. The van der Waals surface area contributed by atoms with Crippen molar-refractivity contribution in [1.82, 2.24) is 14.4 Å². The van der Waals surface area contributed by atoms with Crippen LogP contribution in [0.2, 0.25) is 0 Å². The smallest absolute Gasteiger partial charge is 0.323 e. The number of likely N-dealkylation sites (N-methyl/N-ethyl adjacent to an activating group) is 1. The molecule has 0 bridgehead atoms. The zero-order valence-electron chi connectivity index (χ0n) is 20.2. The summed E-state index contributed by atoms with van der Waals surface area (Å²) in [7, 11) is 3.78. The van der Waals surface area contributed by atoms with Gasteiger partial charge in [0, 0.05) is 29.7 Å². The lowest BCUT2D eigenvalue weighted by Crippen LogP contribution is -2.38. The van der Waals surface area contributed by atoms with Crippen molar-refractivity contribution in [1.29, 1.82) is 0 Å². The number of benzene rings is 2. The van der Waals surface area contributed by atoms with Crippen LogP contribution >= 0.6 is 11.3 Å². The molecule has 0 spiro atoms. The molecule has 0 fully saturated rings. The lowest BCUT2D eigenvalue weighted by molar-refractivity contribution is 0.194. The number of fused-ring (bicyclic) bond motifs is 5. The summed E-state index contributed by atoms with van der Waals surface area (Å²) in [6, 6.07) is 17.4. The van der Waals surface area contributed by atoms with E-state index in [2.05, 4.69) is 34.1 Å². The zero-order chi connectivity index (χ0) is 24.8. The van der Waals surface area contributed by atoms with E-state index in [1.165, 1.54) is 22.1 Å². The molecule has 4 heterocycles. The van der Waals surface area contributed by atoms with Crippen LogP contribution in [0.3, 0.4) is 0 Å². The molecule has 0 saturated heterocycles. The highest BCUT2D eigenvalue weighted by Gasteiger charge is 2.36. The van der Waals surface area contributed by atoms with E-state index in [1.54, 1.807) is 36.6 Å². The van der Waals surface area contributed by atoms with E-state index in [1.807, 2.05) is 35.2 Å². The molecule has 0 aliphatic carbocycles. The molecular weight excluding hydrogens is 475 g/mol. The molecular formula is C28H27FN4O2S. The molecule has 6 nitrogen and oxygen atoms in total. The summed E-state index contributed by atoms with van der Waals surface area (Å²) in [4.78, 5) is 19.4. The summed E-state index contributed by atoms with van der Waals surface area (Å²) >= 11 is 1.81. The maximum absolute atomic E-state index is 14.5. The Kier molecular flexibility index (Phi) is 5.78. The third-order valence-corrected chi connectivity index (χ3v) is 8.30. The highest BCUT2D eigenvalue weighted by atomic mass is 32.1. The quantitative estimate of drug-likeness (QED) is 0.385. The minimum atomic E-state index is -0.460. The molecule has 4 aromatic rings. The summed E-state index contributed by atoms with van der Waals surface area (Å²) < 4.78 is 22.2. The number of aromatic nitrogens is 1. The van der Waals surface area contributed by atoms with Crippen molar-refractivity contribution >= 4 is 23.1 Å².